The van der Waals surface area contributed by atoms with Crippen LogP contribution in [0, 0.1) is 0 Å². The minimum Gasteiger partial charge on any atom is -0.478 e. The number of sulfonamides is 1. The first-order valence-electron chi connectivity index (χ1n) is 4.87. The minimum atomic E-state index is -3.40. The molecule has 8 nitrogen and oxygen atoms in total. The summed E-state index contributed by atoms with van der Waals surface area (Å²) in [6.45, 7) is -0.106. The lowest BCUT2D eigenvalue weighted by Gasteiger charge is -2.03. The predicted octanol–water partition coefficient (Wildman–Crippen LogP) is -0.743. The van der Waals surface area contributed by atoms with Crippen molar-refractivity contribution in [2.24, 2.45) is 0 Å². The third-order valence-electron chi connectivity index (χ3n) is 2.04. The number of furan rings is 1. The molecule has 1 heterocycles. The Morgan fingerprint density at radius 1 is 1.44 bits per heavy atom. The summed E-state index contributed by atoms with van der Waals surface area (Å²) in [4.78, 5) is 22.0. The summed E-state index contributed by atoms with van der Waals surface area (Å²) in [5, 5.41) is 10.9. The van der Waals surface area contributed by atoms with Gasteiger partial charge in [0.25, 0.3) is 5.91 Å². The molecule has 0 aliphatic carbocycles. The maximum Gasteiger partial charge on any atom is 0.338 e. The second-order valence-corrected chi connectivity index (χ2v) is 5.33. The number of rotatable bonds is 6. The van der Waals surface area contributed by atoms with Crippen LogP contribution in [0.15, 0.2) is 16.7 Å². The van der Waals surface area contributed by atoms with Crippen LogP contribution < -0.4 is 10.0 Å². The Hall–Kier alpha value is -1.87. The van der Waals surface area contributed by atoms with Crippen molar-refractivity contribution in [1.29, 1.82) is 0 Å². The Morgan fingerprint density at radius 2 is 2.11 bits per heavy atom. The van der Waals surface area contributed by atoms with E-state index >= 15 is 0 Å². The summed E-state index contributed by atoms with van der Waals surface area (Å²) in [6.07, 6.45) is 0.932. The Kier molecular flexibility index (Phi) is 4.45. The van der Waals surface area contributed by atoms with E-state index in [0.717, 1.165) is 12.3 Å². The smallest absolute Gasteiger partial charge is 0.338 e. The largest absolute Gasteiger partial charge is 0.478 e. The average Bonchev–Trinajstić information content (AvgIpc) is 2.78. The number of aromatic carboxylic acids is 1. The molecule has 1 amide bonds. The van der Waals surface area contributed by atoms with Crippen LogP contribution in [0.3, 0.4) is 0 Å². The molecule has 0 aliphatic rings. The van der Waals surface area contributed by atoms with E-state index in [1.165, 1.54) is 7.05 Å². The fraction of sp³-hybridized carbons (Fsp3) is 0.333. The highest BCUT2D eigenvalue weighted by atomic mass is 32.2. The summed E-state index contributed by atoms with van der Waals surface area (Å²) >= 11 is 0. The van der Waals surface area contributed by atoms with Gasteiger partial charge in [0.1, 0.15) is 6.26 Å². The highest BCUT2D eigenvalue weighted by molar-refractivity contribution is 7.89. The van der Waals surface area contributed by atoms with Gasteiger partial charge < -0.3 is 14.8 Å². The first-order chi connectivity index (χ1) is 8.35. The van der Waals surface area contributed by atoms with Crippen molar-refractivity contribution >= 4 is 21.9 Å². The van der Waals surface area contributed by atoms with Gasteiger partial charge in [-0.2, -0.15) is 0 Å². The van der Waals surface area contributed by atoms with Gasteiger partial charge in [-0.1, -0.05) is 0 Å². The van der Waals surface area contributed by atoms with Crippen molar-refractivity contribution < 1.29 is 27.5 Å². The normalized spacial score (nSPS) is 11.2. The van der Waals surface area contributed by atoms with E-state index in [1.807, 2.05) is 0 Å². The third kappa shape index (κ3) is 3.86. The highest BCUT2D eigenvalue weighted by Crippen LogP contribution is 2.07. The maximum atomic E-state index is 11.4. The molecule has 1 rings (SSSR count). The van der Waals surface area contributed by atoms with Gasteiger partial charge in [-0.25, -0.2) is 17.9 Å². The number of carboxylic acids is 1. The molecule has 9 heteroatoms. The van der Waals surface area contributed by atoms with E-state index in [-0.39, 0.29) is 23.6 Å². The molecule has 0 spiro atoms. The van der Waals surface area contributed by atoms with Crippen molar-refractivity contribution in [1.82, 2.24) is 10.0 Å². The van der Waals surface area contributed by atoms with Gasteiger partial charge in [0.05, 0.1) is 11.3 Å². The molecular weight excluding hydrogens is 264 g/mol. The Balaban J connectivity index is 2.53. The molecule has 0 saturated carbocycles. The molecule has 0 aromatic carbocycles. The molecule has 1 aromatic rings. The second-order valence-electron chi connectivity index (χ2n) is 3.28. The molecule has 0 bridgehead atoms. The van der Waals surface area contributed by atoms with E-state index in [1.54, 1.807) is 0 Å². The lowest BCUT2D eigenvalue weighted by atomic mass is 10.3. The van der Waals surface area contributed by atoms with Crippen LogP contribution in [0.25, 0.3) is 0 Å². The summed E-state index contributed by atoms with van der Waals surface area (Å²) in [6, 6.07) is 1.06. The predicted molar refractivity (Wildman–Crippen MR) is 60.8 cm³/mol. The van der Waals surface area contributed by atoms with Crippen molar-refractivity contribution in [2.45, 2.75) is 0 Å². The van der Waals surface area contributed by atoms with Crippen molar-refractivity contribution in [3.8, 4) is 0 Å². The van der Waals surface area contributed by atoms with Gasteiger partial charge in [0.2, 0.25) is 10.0 Å². The molecule has 0 radical (unpaired) electrons. The monoisotopic (exact) mass is 276 g/mol. The van der Waals surface area contributed by atoms with Crippen LogP contribution in [0.4, 0.5) is 0 Å². The van der Waals surface area contributed by atoms with Crippen LogP contribution in [0.2, 0.25) is 0 Å². The van der Waals surface area contributed by atoms with Crippen LogP contribution in [0.5, 0.6) is 0 Å². The van der Waals surface area contributed by atoms with E-state index < -0.39 is 21.9 Å². The Labute approximate surface area is 103 Å². The van der Waals surface area contributed by atoms with E-state index in [2.05, 4.69) is 10.0 Å². The van der Waals surface area contributed by atoms with Crippen LogP contribution in [-0.4, -0.2) is 44.7 Å². The van der Waals surface area contributed by atoms with E-state index in [9.17, 15) is 18.0 Å². The number of amides is 1. The third-order valence-corrected chi connectivity index (χ3v) is 3.40. The van der Waals surface area contributed by atoms with E-state index in [4.69, 9.17) is 9.52 Å². The molecule has 0 aliphatic heterocycles. The first-order valence-corrected chi connectivity index (χ1v) is 6.52. The number of nitrogens with one attached hydrogen (secondary N) is 2. The number of hydrogen-bond donors (Lipinski definition) is 3. The van der Waals surface area contributed by atoms with Crippen LogP contribution in [-0.2, 0) is 10.0 Å². The quantitative estimate of drug-likeness (QED) is 0.628. The van der Waals surface area contributed by atoms with Gasteiger partial charge in [-0.05, 0) is 7.05 Å². The van der Waals surface area contributed by atoms with Gasteiger partial charge in [-0.3, -0.25) is 4.79 Å². The Bertz CT molecular complexity index is 547. The lowest BCUT2D eigenvalue weighted by molar-refractivity contribution is 0.0695. The highest BCUT2D eigenvalue weighted by Gasteiger charge is 2.15. The van der Waals surface area contributed by atoms with Gasteiger partial charge >= 0.3 is 5.97 Å². The zero-order chi connectivity index (χ0) is 13.8. The van der Waals surface area contributed by atoms with Gasteiger partial charge in [0.15, 0.2) is 5.76 Å². The van der Waals surface area contributed by atoms with E-state index in [0.29, 0.717) is 0 Å². The van der Waals surface area contributed by atoms with Crippen molar-refractivity contribution in [2.75, 3.05) is 19.3 Å². The summed E-state index contributed by atoms with van der Waals surface area (Å²) in [5.74, 6) is -2.35. The molecule has 18 heavy (non-hydrogen) atoms. The number of carboxylic acid groups (broad SMARTS) is 1. The average molecular weight is 276 g/mol. The topological polar surface area (TPSA) is 126 Å². The van der Waals surface area contributed by atoms with Gasteiger partial charge in [-0.15, -0.1) is 0 Å². The zero-order valence-corrected chi connectivity index (χ0v) is 10.3. The second kappa shape index (κ2) is 5.65. The maximum absolute atomic E-state index is 11.4. The minimum absolute atomic E-state index is 0.106. The van der Waals surface area contributed by atoms with Crippen LogP contribution in [0.1, 0.15) is 20.9 Å². The Morgan fingerprint density at radius 3 is 2.61 bits per heavy atom. The number of hydrogen-bond acceptors (Lipinski definition) is 5. The van der Waals surface area contributed by atoms with Crippen molar-refractivity contribution in [3.63, 3.8) is 0 Å². The number of carbonyl (C=O) groups excluding carboxylic acids is 1. The molecule has 100 valence electrons. The molecule has 1 aromatic heterocycles. The lowest BCUT2D eigenvalue weighted by Crippen LogP contribution is -2.32. The molecule has 0 fully saturated rings. The fourth-order valence-corrected chi connectivity index (χ4v) is 1.63. The fourth-order valence-electron chi connectivity index (χ4n) is 1.06. The summed E-state index contributed by atoms with van der Waals surface area (Å²) in [5.41, 5.74) is -0.150. The standard InChI is InChI=1S/C9H12N2O6S/c1-10-18(15,16)3-2-11-8(12)7-4-6(5-17-7)9(13)14/h4-5,10H,2-3H2,1H3,(H,11,12)(H,13,14). The zero-order valence-electron chi connectivity index (χ0n) is 9.47. The first kappa shape index (κ1) is 14.2. The molecule has 0 unspecified atom stereocenters. The summed E-state index contributed by atoms with van der Waals surface area (Å²) < 4.78 is 28.9. The SMILES string of the molecule is CNS(=O)(=O)CCNC(=O)c1cc(C(=O)O)co1. The summed E-state index contributed by atoms with van der Waals surface area (Å²) in [7, 11) is -2.13. The number of carbonyl (C=O) groups is 2. The molecule has 0 atom stereocenters. The molecular formula is C9H12N2O6S. The van der Waals surface area contributed by atoms with Gasteiger partial charge in [0, 0.05) is 12.6 Å². The molecule has 3 N–H and O–H groups in total. The molecule has 0 saturated heterocycles. The van der Waals surface area contributed by atoms with Crippen LogP contribution >= 0.6 is 0 Å². The van der Waals surface area contributed by atoms with Crippen molar-refractivity contribution in [3.05, 3.63) is 23.7 Å².